The highest BCUT2D eigenvalue weighted by atomic mass is 16.5. The van der Waals surface area contributed by atoms with E-state index in [0.717, 1.165) is 19.6 Å². The van der Waals surface area contributed by atoms with Gasteiger partial charge in [0.25, 0.3) is 0 Å². The number of nitrogens with zero attached hydrogens (tertiary/aromatic N) is 2. The maximum Gasteiger partial charge on any atom is 0.0948 e. The lowest BCUT2D eigenvalue weighted by Gasteiger charge is -2.10. The van der Waals surface area contributed by atoms with E-state index in [2.05, 4.69) is 21.8 Å². The summed E-state index contributed by atoms with van der Waals surface area (Å²) in [5, 5.41) is 12.7. The molecule has 0 aromatic carbocycles. The van der Waals surface area contributed by atoms with Crippen LogP contribution in [0.5, 0.6) is 0 Å². The van der Waals surface area contributed by atoms with Crippen LogP contribution < -0.4 is 5.32 Å². The Balaban J connectivity index is 2.16. The van der Waals surface area contributed by atoms with E-state index in [9.17, 15) is 5.11 Å². The molecule has 0 saturated heterocycles. The van der Waals surface area contributed by atoms with Crippen LogP contribution >= 0.6 is 0 Å². The van der Waals surface area contributed by atoms with Gasteiger partial charge < -0.3 is 19.7 Å². The third-order valence-electron chi connectivity index (χ3n) is 2.46. The largest absolute Gasteiger partial charge is 0.391 e. The number of aliphatic hydroxyl groups excluding tert-OH is 1. The molecule has 0 aliphatic carbocycles. The van der Waals surface area contributed by atoms with Gasteiger partial charge in [0.05, 0.1) is 24.7 Å². The Kier molecular flexibility index (Phi) is 6.07. The molecule has 2 N–H and O–H groups in total. The van der Waals surface area contributed by atoms with Gasteiger partial charge >= 0.3 is 0 Å². The average Bonchev–Trinajstić information content (AvgIpc) is 2.72. The van der Waals surface area contributed by atoms with Crippen molar-refractivity contribution in [3.63, 3.8) is 0 Å². The Hall–Kier alpha value is -0.910. The molecule has 0 amide bonds. The van der Waals surface area contributed by atoms with Crippen LogP contribution in [0.3, 0.4) is 0 Å². The van der Waals surface area contributed by atoms with Crippen LogP contribution in [0.25, 0.3) is 0 Å². The van der Waals surface area contributed by atoms with Crippen molar-refractivity contribution in [2.75, 3.05) is 20.3 Å². The molecule has 5 heteroatoms. The zero-order valence-electron chi connectivity index (χ0n) is 10.0. The van der Waals surface area contributed by atoms with Crippen molar-refractivity contribution in [3.8, 4) is 0 Å². The second kappa shape index (κ2) is 7.38. The van der Waals surface area contributed by atoms with Gasteiger partial charge in [0, 0.05) is 26.4 Å². The second-order valence-electron chi connectivity index (χ2n) is 3.75. The van der Waals surface area contributed by atoms with Gasteiger partial charge in [-0.3, -0.25) is 0 Å². The number of rotatable bonds is 8. The molecule has 1 rings (SSSR count). The van der Waals surface area contributed by atoms with E-state index in [0.29, 0.717) is 13.0 Å². The third-order valence-corrected chi connectivity index (χ3v) is 2.46. The van der Waals surface area contributed by atoms with Gasteiger partial charge in [0.15, 0.2) is 0 Å². The van der Waals surface area contributed by atoms with Crippen LogP contribution in [0.1, 0.15) is 19.0 Å². The lowest BCUT2D eigenvalue weighted by Crippen LogP contribution is -2.23. The van der Waals surface area contributed by atoms with Crippen molar-refractivity contribution in [1.29, 1.82) is 0 Å². The molecule has 0 bridgehead atoms. The lowest BCUT2D eigenvalue weighted by atomic mass is 10.2. The van der Waals surface area contributed by atoms with E-state index >= 15 is 0 Å². The number of aromatic nitrogens is 2. The van der Waals surface area contributed by atoms with Crippen molar-refractivity contribution >= 4 is 0 Å². The summed E-state index contributed by atoms with van der Waals surface area (Å²) in [6.07, 6.45) is 4.01. The van der Waals surface area contributed by atoms with Gasteiger partial charge in [-0.1, -0.05) is 0 Å². The monoisotopic (exact) mass is 227 g/mol. The first kappa shape index (κ1) is 13.2. The molecule has 1 heterocycles. The number of aryl methyl sites for hydroxylation is 1. The number of ether oxygens (including phenoxy) is 1. The Morgan fingerprint density at radius 1 is 1.62 bits per heavy atom. The standard InChI is InChI=1S/C11H21N3O2/c1-3-14-9-13-7-10(14)6-12-5-4-11(15)8-16-2/h7,9,11-12,15H,3-6,8H2,1-2H3. The summed E-state index contributed by atoms with van der Waals surface area (Å²) in [5.74, 6) is 0. The van der Waals surface area contributed by atoms with Gasteiger partial charge in [0.1, 0.15) is 0 Å². The summed E-state index contributed by atoms with van der Waals surface area (Å²) in [5.41, 5.74) is 1.17. The number of nitrogens with one attached hydrogen (secondary N) is 1. The van der Waals surface area contributed by atoms with Gasteiger partial charge in [-0.25, -0.2) is 4.98 Å². The molecule has 0 aliphatic heterocycles. The number of hydrogen-bond donors (Lipinski definition) is 2. The van der Waals surface area contributed by atoms with Crippen molar-refractivity contribution in [2.45, 2.75) is 32.5 Å². The summed E-state index contributed by atoms with van der Waals surface area (Å²) in [6, 6.07) is 0. The smallest absolute Gasteiger partial charge is 0.0948 e. The molecule has 1 unspecified atom stereocenters. The molecule has 1 aromatic rings. The first-order valence-electron chi connectivity index (χ1n) is 5.64. The minimum Gasteiger partial charge on any atom is -0.391 e. The second-order valence-corrected chi connectivity index (χ2v) is 3.75. The van der Waals surface area contributed by atoms with Crippen molar-refractivity contribution in [3.05, 3.63) is 18.2 Å². The SMILES string of the molecule is CCn1cncc1CNCCC(O)COC. The number of methoxy groups -OCH3 is 1. The Morgan fingerprint density at radius 3 is 3.12 bits per heavy atom. The Morgan fingerprint density at radius 2 is 2.44 bits per heavy atom. The summed E-state index contributed by atoms with van der Waals surface area (Å²) in [6.45, 7) is 4.98. The summed E-state index contributed by atoms with van der Waals surface area (Å²) in [7, 11) is 1.59. The van der Waals surface area contributed by atoms with E-state index in [1.165, 1.54) is 5.69 Å². The molecular weight excluding hydrogens is 206 g/mol. The Bertz CT molecular complexity index is 289. The minimum absolute atomic E-state index is 0.381. The maximum atomic E-state index is 9.42. The molecule has 1 aromatic heterocycles. The Labute approximate surface area is 96.4 Å². The topological polar surface area (TPSA) is 59.3 Å². The molecule has 0 fully saturated rings. The molecule has 1 atom stereocenters. The number of imidazole rings is 1. The summed E-state index contributed by atoms with van der Waals surface area (Å²) in [4.78, 5) is 4.09. The van der Waals surface area contributed by atoms with Crippen LogP contribution in [0.15, 0.2) is 12.5 Å². The summed E-state index contributed by atoms with van der Waals surface area (Å²) < 4.78 is 6.95. The van der Waals surface area contributed by atoms with E-state index in [-0.39, 0.29) is 6.10 Å². The highest BCUT2D eigenvalue weighted by Crippen LogP contribution is 1.98. The first-order valence-corrected chi connectivity index (χ1v) is 5.64. The van der Waals surface area contributed by atoms with Gasteiger partial charge in [-0.15, -0.1) is 0 Å². The van der Waals surface area contributed by atoms with Crippen molar-refractivity contribution in [1.82, 2.24) is 14.9 Å². The predicted molar refractivity (Wildman–Crippen MR) is 62.1 cm³/mol. The van der Waals surface area contributed by atoms with Crippen LogP contribution in [0.2, 0.25) is 0 Å². The summed E-state index contributed by atoms with van der Waals surface area (Å²) >= 11 is 0. The predicted octanol–water partition coefficient (Wildman–Crippen LogP) is 0.390. The minimum atomic E-state index is -0.381. The maximum absolute atomic E-state index is 9.42. The van der Waals surface area contributed by atoms with Crippen LogP contribution in [0.4, 0.5) is 0 Å². The van der Waals surface area contributed by atoms with Crippen molar-refractivity contribution < 1.29 is 9.84 Å². The number of hydrogen-bond acceptors (Lipinski definition) is 4. The zero-order chi connectivity index (χ0) is 11.8. The van der Waals surface area contributed by atoms with Gasteiger partial charge in [-0.2, -0.15) is 0 Å². The van der Waals surface area contributed by atoms with Crippen LogP contribution in [-0.4, -0.2) is 41.0 Å². The highest BCUT2D eigenvalue weighted by Gasteiger charge is 2.03. The van der Waals surface area contributed by atoms with Crippen molar-refractivity contribution in [2.24, 2.45) is 0 Å². The average molecular weight is 227 g/mol. The highest BCUT2D eigenvalue weighted by molar-refractivity contribution is 4.97. The number of aliphatic hydroxyl groups is 1. The first-order chi connectivity index (χ1) is 7.77. The fourth-order valence-electron chi connectivity index (χ4n) is 1.54. The van der Waals surface area contributed by atoms with Gasteiger partial charge in [-0.05, 0) is 19.9 Å². The van der Waals surface area contributed by atoms with Gasteiger partial charge in [0.2, 0.25) is 0 Å². The fourth-order valence-corrected chi connectivity index (χ4v) is 1.54. The molecule has 0 aliphatic rings. The molecule has 5 nitrogen and oxygen atoms in total. The van der Waals surface area contributed by atoms with E-state index in [4.69, 9.17) is 4.74 Å². The van der Waals surface area contributed by atoms with Crippen LogP contribution in [0, 0.1) is 0 Å². The third kappa shape index (κ3) is 4.30. The molecule has 0 radical (unpaired) electrons. The molecule has 0 saturated carbocycles. The quantitative estimate of drug-likeness (QED) is 0.631. The van der Waals surface area contributed by atoms with E-state index < -0.39 is 0 Å². The fraction of sp³-hybridized carbons (Fsp3) is 0.727. The normalized spacial score (nSPS) is 12.9. The van der Waals surface area contributed by atoms with Crippen LogP contribution in [-0.2, 0) is 17.8 Å². The molecule has 16 heavy (non-hydrogen) atoms. The molecular formula is C11H21N3O2. The lowest BCUT2D eigenvalue weighted by molar-refractivity contribution is 0.0594. The zero-order valence-corrected chi connectivity index (χ0v) is 10.0. The van der Waals surface area contributed by atoms with E-state index in [1.54, 1.807) is 7.11 Å². The van der Waals surface area contributed by atoms with E-state index in [1.807, 2.05) is 12.5 Å². The molecule has 0 spiro atoms. The molecule has 92 valence electrons.